The number of ether oxygens (including phenoxy) is 1. The van der Waals surface area contributed by atoms with Gasteiger partial charge in [0.1, 0.15) is 0 Å². The van der Waals surface area contributed by atoms with Gasteiger partial charge in [0.15, 0.2) is 0 Å². The van der Waals surface area contributed by atoms with E-state index >= 15 is 0 Å². The molecule has 2 aliphatic heterocycles. The lowest BCUT2D eigenvalue weighted by molar-refractivity contribution is 0.0627. The summed E-state index contributed by atoms with van der Waals surface area (Å²) < 4.78 is 6.65. The minimum absolute atomic E-state index is 0.616. The Kier molecular flexibility index (Phi) is 3.27. The maximum atomic E-state index is 5.86. The molecular weight excluding hydrogens is 175 g/mol. The Hall–Kier alpha value is -0.0275. The monoisotopic (exact) mass is 192 g/mol. The van der Waals surface area contributed by atoms with Crippen molar-refractivity contribution in [3.8, 4) is 0 Å². The van der Waals surface area contributed by atoms with Gasteiger partial charge in [0.05, 0.1) is 0 Å². The van der Waals surface area contributed by atoms with E-state index in [4.69, 9.17) is 4.74 Å². The third kappa shape index (κ3) is 2.26. The SMILES string of the molecule is C[CH]1C=CC=[CH][Al]1[CH]1CCCCO1. The maximum absolute atomic E-state index is 5.86. The molecule has 1 fully saturated rings. The summed E-state index contributed by atoms with van der Waals surface area (Å²) in [4.78, 5) is 3.06. The van der Waals surface area contributed by atoms with Crippen LogP contribution < -0.4 is 0 Å². The van der Waals surface area contributed by atoms with Gasteiger partial charge < -0.3 is 4.74 Å². The van der Waals surface area contributed by atoms with Crippen molar-refractivity contribution in [2.24, 2.45) is 0 Å². The molecule has 0 bridgehead atoms. The first-order valence-corrected chi connectivity index (χ1v) is 7.34. The molecule has 0 aromatic rings. The second-order valence-corrected chi connectivity index (χ2v) is 7.45. The van der Waals surface area contributed by atoms with Crippen LogP contribution in [0.2, 0.25) is 4.78 Å². The van der Waals surface area contributed by atoms with E-state index in [1.807, 2.05) is 0 Å². The molecule has 0 aromatic carbocycles. The largest absolute Gasteiger partial charge is 0.393 e. The van der Waals surface area contributed by atoms with Gasteiger partial charge in [-0.1, -0.05) is 29.9 Å². The van der Waals surface area contributed by atoms with Crippen LogP contribution in [0.1, 0.15) is 26.2 Å². The van der Waals surface area contributed by atoms with E-state index in [0.717, 1.165) is 11.4 Å². The lowest BCUT2D eigenvalue weighted by atomic mass is 10.2. The smallest absolute Gasteiger partial charge is 0.343 e. The van der Waals surface area contributed by atoms with Crippen molar-refractivity contribution >= 4 is 14.1 Å². The van der Waals surface area contributed by atoms with Crippen LogP contribution in [0.15, 0.2) is 23.2 Å². The number of hydrogen-bond donors (Lipinski definition) is 0. The van der Waals surface area contributed by atoms with E-state index in [2.05, 4.69) is 30.1 Å². The predicted molar refractivity (Wildman–Crippen MR) is 57.0 cm³/mol. The normalized spacial score (nSPS) is 33.8. The fourth-order valence-electron chi connectivity index (χ4n) is 2.27. The summed E-state index contributed by atoms with van der Waals surface area (Å²) in [6.45, 7) is 3.34. The summed E-state index contributed by atoms with van der Waals surface area (Å²) in [6, 6.07) is 0. The molecule has 13 heavy (non-hydrogen) atoms. The second-order valence-electron chi connectivity index (χ2n) is 4.11. The van der Waals surface area contributed by atoms with Gasteiger partial charge in [-0.25, -0.2) is 0 Å². The summed E-state index contributed by atoms with van der Waals surface area (Å²) in [7, 11) is 0. The molecule has 2 aliphatic rings. The zero-order valence-electron chi connectivity index (χ0n) is 8.28. The van der Waals surface area contributed by atoms with Crippen LogP contribution in [0.3, 0.4) is 0 Å². The van der Waals surface area contributed by atoms with E-state index in [9.17, 15) is 0 Å². The Morgan fingerprint density at radius 1 is 1.31 bits per heavy atom. The van der Waals surface area contributed by atoms with Gasteiger partial charge in [0.25, 0.3) is 0 Å². The van der Waals surface area contributed by atoms with Gasteiger partial charge in [0.2, 0.25) is 0 Å². The number of hydrogen-bond acceptors (Lipinski definition) is 1. The van der Waals surface area contributed by atoms with Gasteiger partial charge in [0, 0.05) is 11.6 Å². The summed E-state index contributed by atoms with van der Waals surface area (Å²) in [5.41, 5.74) is 0. The topological polar surface area (TPSA) is 9.23 Å². The molecule has 2 rings (SSSR count). The molecule has 0 aliphatic carbocycles. The highest BCUT2D eigenvalue weighted by Gasteiger charge is 2.32. The number of allylic oxidation sites excluding steroid dienone is 3. The van der Waals surface area contributed by atoms with Crippen LogP contribution in [0.25, 0.3) is 0 Å². The minimum atomic E-state index is -0.791. The summed E-state index contributed by atoms with van der Waals surface area (Å²) in [5.74, 6) is 0. The van der Waals surface area contributed by atoms with Crippen LogP contribution in [0.5, 0.6) is 0 Å². The average Bonchev–Trinajstić information content (AvgIpc) is 2.20. The highest BCUT2D eigenvalue weighted by atomic mass is 27.2. The highest BCUT2D eigenvalue weighted by molar-refractivity contribution is 6.67. The van der Waals surface area contributed by atoms with Crippen LogP contribution in [0.4, 0.5) is 0 Å². The standard InChI is InChI=1S/C6H8.C5H9O.Al/c1-3-5-6-4-2;1-2-4-6-5-3-1;/h1,3-6H,2H3;4H,1-3,5H2;. The summed E-state index contributed by atoms with van der Waals surface area (Å²) in [6.07, 6.45) is 10.7. The summed E-state index contributed by atoms with van der Waals surface area (Å²) >= 11 is -0.791. The molecular formula is C11H17AlO. The molecule has 1 saturated heterocycles. The molecule has 0 saturated carbocycles. The molecule has 0 aromatic heterocycles. The van der Waals surface area contributed by atoms with Crippen molar-refractivity contribution in [2.45, 2.75) is 35.9 Å². The van der Waals surface area contributed by atoms with Gasteiger partial charge in [-0.3, -0.25) is 0 Å². The first kappa shape index (κ1) is 9.52. The number of rotatable bonds is 1. The van der Waals surface area contributed by atoms with Gasteiger partial charge in [-0.05, 0) is 19.3 Å². The molecule has 2 heterocycles. The molecule has 0 amide bonds. The molecule has 2 atom stereocenters. The molecule has 1 nitrogen and oxygen atoms in total. The Balaban J connectivity index is 1.98. The molecule has 0 radical (unpaired) electrons. The van der Waals surface area contributed by atoms with Crippen molar-refractivity contribution < 1.29 is 4.74 Å². The maximum Gasteiger partial charge on any atom is 0.343 e. The van der Waals surface area contributed by atoms with E-state index in [1.165, 1.54) is 19.3 Å². The Morgan fingerprint density at radius 3 is 2.92 bits per heavy atom. The van der Waals surface area contributed by atoms with Crippen molar-refractivity contribution in [3.05, 3.63) is 23.2 Å². The first-order chi connectivity index (χ1) is 6.38. The average molecular weight is 192 g/mol. The van der Waals surface area contributed by atoms with Crippen molar-refractivity contribution in [2.75, 3.05) is 6.61 Å². The zero-order valence-corrected chi connectivity index (χ0v) is 9.43. The van der Waals surface area contributed by atoms with Crippen LogP contribution in [-0.4, -0.2) is 25.7 Å². The van der Waals surface area contributed by atoms with Crippen molar-refractivity contribution in [1.29, 1.82) is 0 Å². The third-order valence-electron chi connectivity index (χ3n) is 3.11. The van der Waals surface area contributed by atoms with E-state index in [1.54, 1.807) is 0 Å². The van der Waals surface area contributed by atoms with E-state index in [-0.39, 0.29) is 0 Å². The minimum Gasteiger partial charge on any atom is -0.393 e. The summed E-state index contributed by atoms with van der Waals surface area (Å²) in [5, 5.41) is 0. The fraction of sp³-hybridized carbons (Fsp3) is 0.636. The van der Waals surface area contributed by atoms with Crippen LogP contribution in [-0.2, 0) is 4.74 Å². The second kappa shape index (κ2) is 4.46. The Morgan fingerprint density at radius 2 is 2.23 bits per heavy atom. The molecule has 70 valence electrons. The van der Waals surface area contributed by atoms with Crippen molar-refractivity contribution in [3.63, 3.8) is 0 Å². The van der Waals surface area contributed by atoms with E-state index < -0.39 is 14.1 Å². The quantitative estimate of drug-likeness (QED) is 0.580. The zero-order chi connectivity index (χ0) is 9.10. The predicted octanol–water partition coefficient (Wildman–Crippen LogP) is 2.64. The molecule has 0 spiro atoms. The third-order valence-corrected chi connectivity index (χ3v) is 6.60. The Bertz CT molecular complexity index is 216. The highest BCUT2D eigenvalue weighted by Crippen LogP contribution is 2.25. The van der Waals surface area contributed by atoms with E-state index in [0.29, 0.717) is 4.97 Å². The molecule has 2 heteroatoms. The molecule has 0 N–H and O–H groups in total. The lowest BCUT2D eigenvalue weighted by Crippen LogP contribution is -2.38. The van der Waals surface area contributed by atoms with Crippen molar-refractivity contribution in [1.82, 2.24) is 0 Å². The van der Waals surface area contributed by atoms with Crippen LogP contribution >= 0.6 is 0 Å². The van der Waals surface area contributed by atoms with Gasteiger partial charge in [-0.2, -0.15) is 0 Å². The Labute approximate surface area is 84.9 Å². The molecule has 2 unspecified atom stereocenters. The first-order valence-electron chi connectivity index (χ1n) is 5.34. The lowest BCUT2D eigenvalue weighted by Gasteiger charge is -2.29. The fourth-order valence-corrected chi connectivity index (χ4v) is 5.29. The van der Waals surface area contributed by atoms with Gasteiger partial charge in [-0.15, -0.1) is 4.94 Å². The van der Waals surface area contributed by atoms with Crippen LogP contribution in [0, 0.1) is 0 Å². The van der Waals surface area contributed by atoms with Gasteiger partial charge >= 0.3 is 14.1 Å².